The standard InChI is InChI=1S/C25H33N7O/c1-18-15-32(16-19(2)33-18)24-11-10-20(12-28-24)13-29-25(26-3)31(4)17-23-27-14-22(30-23)21-8-6-5-7-9-21/h5-12,14,18-19H,13,15-17H2,1-4H3,(H,26,29)(H,27,30). The number of imidazole rings is 1. The van der Waals surface area contributed by atoms with Crippen LogP contribution >= 0.6 is 0 Å². The summed E-state index contributed by atoms with van der Waals surface area (Å²) in [5.74, 6) is 2.68. The topological polar surface area (TPSA) is 81.7 Å². The average molecular weight is 448 g/mol. The van der Waals surface area contributed by atoms with Crippen LogP contribution in [0.15, 0.2) is 59.9 Å². The number of anilines is 1. The van der Waals surface area contributed by atoms with Crippen LogP contribution < -0.4 is 10.2 Å². The van der Waals surface area contributed by atoms with Crippen molar-refractivity contribution in [2.45, 2.75) is 39.1 Å². The maximum Gasteiger partial charge on any atom is 0.194 e. The Hall–Kier alpha value is -3.39. The number of guanidine groups is 1. The van der Waals surface area contributed by atoms with Gasteiger partial charge < -0.3 is 24.8 Å². The van der Waals surface area contributed by atoms with E-state index in [0.29, 0.717) is 13.1 Å². The van der Waals surface area contributed by atoms with Gasteiger partial charge >= 0.3 is 0 Å². The summed E-state index contributed by atoms with van der Waals surface area (Å²) in [7, 11) is 3.79. The zero-order valence-electron chi connectivity index (χ0n) is 19.8. The minimum Gasteiger partial charge on any atom is -0.372 e. The molecule has 8 nitrogen and oxygen atoms in total. The molecule has 174 valence electrons. The molecule has 2 unspecified atom stereocenters. The van der Waals surface area contributed by atoms with Crippen molar-refractivity contribution in [3.05, 3.63) is 66.2 Å². The average Bonchev–Trinajstić information content (AvgIpc) is 3.28. The SMILES string of the molecule is CN=C(NCc1ccc(N2CC(C)OC(C)C2)nc1)N(C)Cc1ncc(-c2ccccc2)[nH]1. The zero-order chi connectivity index (χ0) is 23.2. The Morgan fingerprint density at radius 3 is 2.55 bits per heavy atom. The van der Waals surface area contributed by atoms with Gasteiger partial charge in [0, 0.05) is 39.9 Å². The van der Waals surface area contributed by atoms with Crippen LogP contribution in [-0.4, -0.2) is 65.2 Å². The molecule has 0 spiro atoms. The summed E-state index contributed by atoms with van der Waals surface area (Å²) in [5.41, 5.74) is 3.24. The lowest BCUT2D eigenvalue weighted by Gasteiger charge is -2.36. The van der Waals surface area contributed by atoms with E-state index in [1.807, 2.05) is 42.5 Å². The molecule has 1 aromatic carbocycles. The molecule has 1 aliphatic rings. The predicted molar refractivity (Wildman–Crippen MR) is 132 cm³/mol. The molecule has 3 aromatic rings. The molecule has 4 rings (SSSR count). The summed E-state index contributed by atoms with van der Waals surface area (Å²) in [5, 5.41) is 3.42. The van der Waals surface area contributed by atoms with Gasteiger partial charge in [-0.05, 0) is 31.0 Å². The lowest BCUT2D eigenvalue weighted by atomic mass is 10.2. The van der Waals surface area contributed by atoms with Gasteiger partial charge in [-0.15, -0.1) is 0 Å². The number of aliphatic imine (C=N–C) groups is 1. The van der Waals surface area contributed by atoms with Crippen molar-refractivity contribution in [2.75, 3.05) is 32.1 Å². The first-order chi connectivity index (χ1) is 16.0. The van der Waals surface area contributed by atoms with Crippen LogP contribution in [0.25, 0.3) is 11.3 Å². The van der Waals surface area contributed by atoms with Crippen LogP contribution in [0, 0.1) is 0 Å². The first-order valence-corrected chi connectivity index (χ1v) is 11.4. The number of hydrogen-bond acceptors (Lipinski definition) is 5. The highest BCUT2D eigenvalue weighted by molar-refractivity contribution is 5.79. The van der Waals surface area contributed by atoms with Crippen LogP contribution in [0.1, 0.15) is 25.2 Å². The van der Waals surface area contributed by atoms with E-state index in [4.69, 9.17) is 4.74 Å². The molecule has 1 saturated heterocycles. The molecule has 0 aliphatic carbocycles. The van der Waals surface area contributed by atoms with Crippen molar-refractivity contribution in [1.29, 1.82) is 0 Å². The van der Waals surface area contributed by atoms with Gasteiger partial charge in [0.2, 0.25) is 0 Å². The third-order valence-electron chi connectivity index (χ3n) is 5.68. The van der Waals surface area contributed by atoms with Gasteiger partial charge in [-0.1, -0.05) is 36.4 Å². The molecule has 1 fully saturated rings. The van der Waals surface area contributed by atoms with Gasteiger partial charge in [0.25, 0.3) is 0 Å². The highest BCUT2D eigenvalue weighted by Crippen LogP contribution is 2.19. The monoisotopic (exact) mass is 447 g/mol. The van der Waals surface area contributed by atoms with E-state index in [9.17, 15) is 0 Å². The fraction of sp³-hybridized carbons (Fsp3) is 0.400. The first-order valence-electron chi connectivity index (χ1n) is 11.4. The van der Waals surface area contributed by atoms with Crippen LogP contribution in [-0.2, 0) is 17.8 Å². The van der Waals surface area contributed by atoms with E-state index in [1.165, 1.54) is 0 Å². The summed E-state index contributed by atoms with van der Waals surface area (Å²) in [4.78, 5) is 21.4. The fourth-order valence-corrected chi connectivity index (χ4v) is 4.15. The summed E-state index contributed by atoms with van der Waals surface area (Å²) >= 11 is 0. The van der Waals surface area contributed by atoms with Gasteiger partial charge in [0.05, 0.1) is 30.6 Å². The number of nitrogens with zero attached hydrogens (tertiary/aromatic N) is 5. The molecule has 33 heavy (non-hydrogen) atoms. The molecule has 8 heteroatoms. The lowest BCUT2D eigenvalue weighted by Crippen LogP contribution is -2.45. The van der Waals surface area contributed by atoms with E-state index in [1.54, 1.807) is 7.05 Å². The Balaban J connectivity index is 1.31. The van der Waals surface area contributed by atoms with Crippen LogP contribution in [0.5, 0.6) is 0 Å². The molecular weight excluding hydrogens is 414 g/mol. The van der Waals surface area contributed by atoms with Crippen molar-refractivity contribution < 1.29 is 4.74 Å². The number of rotatable bonds is 6. The highest BCUT2D eigenvalue weighted by atomic mass is 16.5. The number of H-pyrrole nitrogens is 1. The minimum absolute atomic E-state index is 0.216. The van der Waals surface area contributed by atoms with Crippen LogP contribution in [0.2, 0.25) is 0 Å². The van der Waals surface area contributed by atoms with Gasteiger partial charge in [-0.3, -0.25) is 4.99 Å². The number of benzene rings is 1. The van der Waals surface area contributed by atoms with E-state index in [0.717, 1.165) is 47.5 Å². The van der Waals surface area contributed by atoms with Crippen LogP contribution in [0.3, 0.4) is 0 Å². The zero-order valence-corrected chi connectivity index (χ0v) is 19.8. The van der Waals surface area contributed by atoms with E-state index >= 15 is 0 Å². The third-order valence-corrected chi connectivity index (χ3v) is 5.68. The second-order valence-corrected chi connectivity index (χ2v) is 8.55. The molecule has 0 amide bonds. The summed E-state index contributed by atoms with van der Waals surface area (Å²) in [6, 6.07) is 14.4. The van der Waals surface area contributed by atoms with E-state index in [-0.39, 0.29) is 12.2 Å². The first kappa shape index (κ1) is 22.8. The second kappa shape index (κ2) is 10.5. The predicted octanol–water partition coefficient (Wildman–Crippen LogP) is 3.29. The second-order valence-electron chi connectivity index (χ2n) is 8.55. The Labute approximate surface area is 195 Å². The van der Waals surface area contributed by atoms with Crippen LogP contribution in [0.4, 0.5) is 5.82 Å². The molecule has 2 aromatic heterocycles. The van der Waals surface area contributed by atoms with Gasteiger partial charge in [0.1, 0.15) is 11.6 Å². The molecular formula is C25H33N7O. The highest BCUT2D eigenvalue weighted by Gasteiger charge is 2.23. The number of aromatic amines is 1. The minimum atomic E-state index is 0.216. The Morgan fingerprint density at radius 2 is 1.88 bits per heavy atom. The van der Waals surface area contributed by atoms with Gasteiger partial charge in [-0.2, -0.15) is 0 Å². The molecule has 0 radical (unpaired) electrons. The van der Waals surface area contributed by atoms with Crippen molar-refractivity contribution in [3.8, 4) is 11.3 Å². The largest absolute Gasteiger partial charge is 0.372 e. The third kappa shape index (κ3) is 5.90. The lowest BCUT2D eigenvalue weighted by molar-refractivity contribution is -0.00545. The molecule has 2 N–H and O–H groups in total. The number of pyridine rings is 1. The maximum absolute atomic E-state index is 5.82. The number of aromatic nitrogens is 3. The van der Waals surface area contributed by atoms with Crippen molar-refractivity contribution >= 4 is 11.8 Å². The number of morpholine rings is 1. The van der Waals surface area contributed by atoms with Gasteiger partial charge in [-0.25, -0.2) is 9.97 Å². The summed E-state index contributed by atoms with van der Waals surface area (Å²) in [6.07, 6.45) is 4.24. The Kier molecular flexibility index (Phi) is 7.24. The fourth-order valence-electron chi connectivity index (χ4n) is 4.15. The molecule has 0 saturated carbocycles. The quantitative estimate of drug-likeness (QED) is 0.446. The molecule has 1 aliphatic heterocycles. The summed E-state index contributed by atoms with van der Waals surface area (Å²) in [6.45, 7) is 7.21. The molecule has 2 atom stereocenters. The smallest absolute Gasteiger partial charge is 0.194 e. The number of nitrogens with one attached hydrogen (secondary N) is 2. The van der Waals surface area contributed by atoms with E-state index < -0.39 is 0 Å². The molecule has 3 heterocycles. The van der Waals surface area contributed by atoms with Crippen molar-refractivity contribution in [1.82, 2.24) is 25.2 Å². The van der Waals surface area contributed by atoms with Crippen molar-refractivity contribution in [3.63, 3.8) is 0 Å². The van der Waals surface area contributed by atoms with Crippen molar-refractivity contribution in [2.24, 2.45) is 4.99 Å². The number of hydrogen-bond donors (Lipinski definition) is 2. The Bertz CT molecular complexity index is 1040. The number of ether oxygens (including phenoxy) is 1. The Morgan fingerprint density at radius 1 is 1.12 bits per heavy atom. The van der Waals surface area contributed by atoms with E-state index in [2.05, 4.69) is 68.3 Å². The van der Waals surface area contributed by atoms with Gasteiger partial charge in [0.15, 0.2) is 5.96 Å². The normalized spacial score (nSPS) is 18.9. The summed E-state index contributed by atoms with van der Waals surface area (Å²) < 4.78 is 5.82. The molecule has 0 bridgehead atoms. The maximum atomic E-state index is 5.82.